The van der Waals surface area contributed by atoms with Crippen LogP contribution in [0.25, 0.3) is 66.1 Å². The van der Waals surface area contributed by atoms with E-state index >= 15 is 0 Å². The van der Waals surface area contributed by atoms with E-state index in [1.807, 2.05) is 6.07 Å². The number of fused-ring (bicyclic) bond motifs is 7. The fourth-order valence-corrected chi connectivity index (χ4v) is 10.1. The summed E-state index contributed by atoms with van der Waals surface area (Å²) in [5.41, 5.74) is 16.5. The third-order valence-corrected chi connectivity index (χ3v) is 12.7. The quantitative estimate of drug-likeness (QED) is 0.160. The van der Waals surface area contributed by atoms with Gasteiger partial charge in [0.05, 0.1) is 11.1 Å². The minimum absolute atomic E-state index is 0.541. The lowest BCUT2D eigenvalue weighted by atomic mass is 9.67. The molecule has 61 heavy (non-hydrogen) atoms. The first-order valence-electron chi connectivity index (χ1n) is 21.0. The van der Waals surface area contributed by atoms with E-state index in [9.17, 15) is 0 Å². The zero-order valence-electron chi connectivity index (χ0n) is 33.4. The first-order valence-corrected chi connectivity index (χ1v) is 21.0. The molecule has 286 valence electrons. The second-order valence-corrected chi connectivity index (χ2v) is 16.0. The number of nitrogens with zero attached hydrogens (tertiary/aromatic N) is 1. The summed E-state index contributed by atoms with van der Waals surface area (Å²) in [6.45, 7) is 0. The highest BCUT2D eigenvalue weighted by atomic mass is 16.3. The molecule has 0 N–H and O–H groups in total. The van der Waals surface area contributed by atoms with Gasteiger partial charge in [-0.05, 0) is 91.7 Å². The Hall–Kier alpha value is -7.94. The van der Waals surface area contributed by atoms with Crippen LogP contribution in [0.1, 0.15) is 22.3 Å². The molecule has 0 saturated heterocycles. The SMILES string of the molecule is c1ccc(C2(c3ccccc3)c3ccccc3-c3ccc(N(c4cccc(-c5cccc6ccccc56)c4)c4ccccc4-c4cccc5c4oc4ccccc45)cc32)cc1. The summed E-state index contributed by atoms with van der Waals surface area (Å²) in [5.74, 6) is 0. The molecule has 10 aromatic carbocycles. The van der Waals surface area contributed by atoms with Crippen molar-refractivity contribution >= 4 is 49.8 Å². The van der Waals surface area contributed by atoms with Crippen molar-refractivity contribution in [1.82, 2.24) is 0 Å². The molecule has 12 rings (SSSR count). The van der Waals surface area contributed by atoms with Crippen LogP contribution in [-0.4, -0.2) is 0 Å². The molecule has 0 aliphatic heterocycles. The summed E-state index contributed by atoms with van der Waals surface area (Å²) in [4.78, 5) is 2.45. The molecule has 0 atom stereocenters. The second kappa shape index (κ2) is 14.1. The largest absolute Gasteiger partial charge is 0.455 e. The molecule has 1 aliphatic rings. The summed E-state index contributed by atoms with van der Waals surface area (Å²) < 4.78 is 6.71. The monoisotopic (exact) mass is 777 g/mol. The van der Waals surface area contributed by atoms with Crippen molar-refractivity contribution in [2.45, 2.75) is 5.41 Å². The van der Waals surface area contributed by atoms with Crippen LogP contribution in [0, 0.1) is 0 Å². The number of hydrogen-bond donors (Lipinski definition) is 0. The summed E-state index contributed by atoms with van der Waals surface area (Å²) >= 11 is 0. The maximum Gasteiger partial charge on any atom is 0.143 e. The van der Waals surface area contributed by atoms with E-state index < -0.39 is 5.41 Å². The van der Waals surface area contributed by atoms with Crippen LogP contribution in [0.15, 0.2) is 241 Å². The van der Waals surface area contributed by atoms with E-state index in [4.69, 9.17) is 4.42 Å². The van der Waals surface area contributed by atoms with E-state index in [0.29, 0.717) is 0 Å². The van der Waals surface area contributed by atoms with E-state index in [2.05, 4.69) is 235 Å². The van der Waals surface area contributed by atoms with Crippen molar-refractivity contribution in [2.75, 3.05) is 4.90 Å². The van der Waals surface area contributed by atoms with Crippen molar-refractivity contribution in [1.29, 1.82) is 0 Å². The molecule has 1 aromatic heterocycles. The molecule has 1 heterocycles. The smallest absolute Gasteiger partial charge is 0.143 e. The van der Waals surface area contributed by atoms with Gasteiger partial charge in [0.1, 0.15) is 11.2 Å². The van der Waals surface area contributed by atoms with Crippen molar-refractivity contribution in [3.05, 3.63) is 259 Å². The normalized spacial score (nSPS) is 12.7. The van der Waals surface area contributed by atoms with Gasteiger partial charge in [0.25, 0.3) is 0 Å². The number of rotatable bonds is 7. The summed E-state index contributed by atoms with van der Waals surface area (Å²) in [7, 11) is 0. The van der Waals surface area contributed by atoms with Gasteiger partial charge in [0, 0.05) is 33.3 Å². The van der Waals surface area contributed by atoms with Crippen LogP contribution in [0.4, 0.5) is 17.1 Å². The van der Waals surface area contributed by atoms with E-state index in [0.717, 1.165) is 55.7 Å². The summed E-state index contributed by atoms with van der Waals surface area (Å²) in [6.07, 6.45) is 0. The van der Waals surface area contributed by atoms with Crippen LogP contribution in [0.3, 0.4) is 0 Å². The van der Waals surface area contributed by atoms with Gasteiger partial charge in [-0.15, -0.1) is 0 Å². The molecule has 0 saturated carbocycles. The molecule has 0 radical (unpaired) electrons. The molecule has 0 spiro atoms. The third kappa shape index (κ3) is 5.43. The third-order valence-electron chi connectivity index (χ3n) is 12.7. The van der Waals surface area contributed by atoms with Crippen LogP contribution >= 0.6 is 0 Å². The second-order valence-electron chi connectivity index (χ2n) is 16.0. The van der Waals surface area contributed by atoms with Crippen molar-refractivity contribution in [2.24, 2.45) is 0 Å². The molecule has 0 fully saturated rings. The van der Waals surface area contributed by atoms with Gasteiger partial charge in [-0.2, -0.15) is 0 Å². The van der Waals surface area contributed by atoms with Crippen LogP contribution in [0.2, 0.25) is 0 Å². The Balaban J connectivity index is 1.14. The van der Waals surface area contributed by atoms with Gasteiger partial charge in [-0.3, -0.25) is 0 Å². The average Bonchev–Trinajstić information content (AvgIpc) is 3.86. The molecule has 2 heteroatoms. The summed E-state index contributed by atoms with van der Waals surface area (Å²) in [6, 6.07) is 86.1. The van der Waals surface area contributed by atoms with E-state index in [-0.39, 0.29) is 0 Å². The first-order chi connectivity index (χ1) is 30.3. The number of para-hydroxylation sites is 3. The standard InChI is InChI=1S/C59H39NO/c1-3-21-42(22-4-1)59(43-23-5-2-6-24-43)54-33-12-9-27-48(54)49-37-36-45(39-55(49)59)60(44-25-15-20-41(38-44)47-30-16-19-40-18-7-8-26-46(40)47)56-34-13-10-28-50(56)52-31-17-32-53-51-29-11-14-35-57(51)61-58(52)53/h1-39H. The maximum atomic E-state index is 6.71. The molecule has 0 bridgehead atoms. The Morgan fingerprint density at radius 2 is 0.918 bits per heavy atom. The highest BCUT2D eigenvalue weighted by Gasteiger charge is 2.46. The maximum absolute atomic E-state index is 6.71. The molecule has 1 aliphatic carbocycles. The van der Waals surface area contributed by atoms with Crippen molar-refractivity contribution < 1.29 is 4.42 Å². The lowest BCUT2D eigenvalue weighted by Gasteiger charge is -2.35. The van der Waals surface area contributed by atoms with E-state index in [1.165, 1.54) is 49.7 Å². The average molecular weight is 778 g/mol. The van der Waals surface area contributed by atoms with Gasteiger partial charge >= 0.3 is 0 Å². The van der Waals surface area contributed by atoms with Gasteiger partial charge in [0.15, 0.2) is 0 Å². The summed E-state index contributed by atoms with van der Waals surface area (Å²) in [5, 5.41) is 4.69. The first kappa shape index (κ1) is 35.0. The van der Waals surface area contributed by atoms with Gasteiger partial charge in [0.2, 0.25) is 0 Å². The number of anilines is 3. The molecule has 2 nitrogen and oxygen atoms in total. The van der Waals surface area contributed by atoms with Gasteiger partial charge in [-0.1, -0.05) is 200 Å². The fraction of sp³-hybridized carbons (Fsp3) is 0.0169. The number of furan rings is 1. The van der Waals surface area contributed by atoms with Crippen LogP contribution < -0.4 is 4.90 Å². The van der Waals surface area contributed by atoms with Gasteiger partial charge in [-0.25, -0.2) is 0 Å². The predicted molar refractivity (Wildman–Crippen MR) is 254 cm³/mol. The number of benzene rings is 10. The molecular weight excluding hydrogens is 739 g/mol. The van der Waals surface area contributed by atoms with Gasteiger partial charge < -0.3 is 9.32 Å². The lowest BCUT2D eigenvalue weighted by Crippen LogP contribution is -2.28. The van der Waals surface area contributed by atoms with Crippen LogP contribution in [0.5, 0.6) is 0 Å². The lowest BCUT2D eigenvalue weighted by molar-refractivity contribution is 0.670. The Labute approximate surface area is 355 Å². The minimum atomic E-state index is -0.541. The highest BCUT2D eigenvalue weighted by molar-refractivity contribution is 6.11. The van der Waals surface area contributed by atoms with Crippen molar-refractivity contribution in [3.8, 4) is 33.4 Å². The Kier molecular flexibility index (Phi) is 8.11. The van der Waals surface area contributed by atoms with Crippen molar-refractivity contribution in [3.63, 3.8) is 0 Å². The van der Waals surface area contributed by atoms with Crippen LogP contribution in [-0.2, 0) is 5.41 Å². The molecule has 0 amide bonds. The number of hydrogen-bond acceptors (Lipinski definition) is 2. The predicted octanol–water partition coefficient (Wildman–Crippen LogP) is 15.9. The Morgan fingerprint density at radius 1 is 0.344 bits per heavy atom. The molecule has 0 unspecified atom stereocenters. The highest BCUT2D eigenvalue weighted by Crippen LogP contribution is 2.57. The Bertz CT molecular complexity index is 3390. The van der Waals surface area contributed by atoms with E-state index in [1.54, 1.807) is 0 Å². The fourth-order valence-electron chi connectivity index (χ4n) is 10.1. The molecular formula is C59H39NO. The topological polar surface area (TPSA) is 16.4 Å². The zero-order chi connectivity index (χ0) is 40.3. The molecule has 11 aromatic rings. The zero-order valence-corrected chi connectivity index (χ0v) is 33.4. The minimum Gasteiger partial charge on any atom is -0.455 e. The Morgan fingerprint density at radius 3 is 1.75 bits per heavy atom.